The van der Waals surface area contributed by atoms with Gasteiger partial charge >= 0.3 is 0 Å². The average Bonchev–Trinajstić information content (AvgIpc) is 2.33. The number of carbonyl (C=O) groups is 1. The molecule has 0 aromatic heterocycles. The fourth-order valence-corrected chi connectivity index (χ4v) is 3.07. The molecule has 0 saturated heterocycles. The standard InChI is InChI=1S/C14H19IN2O.ClH/c1-10-9-11(15)5-6-12(10)17-13(18)14(16)7-3-2-4-8-14;/h5-6,9H,2-4,7-8,16H2,1H3,(H,17,18);1H. The summed E-state index contributed by atoms with van der Waals surface area (Å²) in [6, 6.07) is 5.99. The van der Waals surface area contributed by atoms with Crippen LogP contribution in [0.15, 0.2) is 18.2 Å². The molecule has 1 aliphatic carbocycles. The van der Waals surface area contributed by atoms with Crippen molar-refractivity contribution in [1.82, 2.24) is 0 Å². The monoisotopic (exact) mass is 394 g/mol. The molecule has 1 amide bonds. The van der Waals surface area contributed by atoms with E-state index in [9.17, 15) is 4.79 Å². The van der Waals surface area contributed by atoms with Gasteiger partial charge in [-0.05, 0) is 66.1 Å². The first-order valence-electron chi connectivity index (χ1n) is 6.38. The van der Waals surface area contributed by atoms with Crippen molar-refractivity contribution in [3.05, 3.63) is 27.3 Å². The quantitative estimate of drug-likeness (QED) is 0.753. The predicted molar refractivity (Wildman–Crippen MR) is 89.8 cm³/mol. The number of carbonyl (C=O) groups excluding carboxylic acids is 1. The lowest BCUT2D eigenvalue weighted by Gasteiger charge is -2.32. The highest BCUT2D eigenvalue weighted by atomic mass is 127. The highest BCUT2D eigenvalue weighted by molar-refractivity contribution is 14.1. The van der Waals surface area contributed by atoms with Crippen LogP contribution in [0.5, 0.6) is 0 Å². The SMILES string of the molecule is Cc1cc(I)ccc1NC(=O)C1(N)CCCCC1.Cl. The molecule has 2 rings (SSSR count). The maximum atomic E-state index is 12.3. The maximum absolute atomic E-state index is 12.3. The summed E-state index contributed by atoms with van der Waals surface area (Å²) in [5.74, 6) is -0.0356. The Kier molecular flexibility index (Phi) is 6.08. The third kappa shape index (κ3) is 4.07. The van der Waals surface area contributed by atoms with E-state index < -0.39 is 5.54 Å². The number of amides is 1. The number of hydrogen-bond acceptors (Lipinski definition) is 2. The van der Waals surface area contributed by atoms with E-state index in [1.807, 2.05) is 19.1 Å². The van der Waals surface area contributed by atoms with Crippen molar-refractivity contribution in [3.63, 3.8) is 0 Å². The summed E-state index contributed by atoms with van der Waals surface area (Å²) in [6.07, 6.45) is 4.88. The first-order chi connectivity index (χ1) is 8.51. The Morgan fingerprint density at radius 3 is 2.53 bits per heavy atom. The Labute approximate surface area is 134 Å². The van der Waals surface area contributed by atoms with Gasteiger partial charge in [0.1, 0.15) is 0 Å². The maximum Gasteiger partial charge on any atom is 0.244 e. The van der Waals surface area contributed by atoms with Gasteiger partial charge in [-0.15, -0.1) is 12.4 Å². The van der Waals surface area contributed by atoms with E-state index in [0.29, 0.717) is 0 Å². The molecule has 19 heavy (non-hydrogen) atoms. The second-order valence-electron chi connectivity index (χ2n) is 5.13. The van der Waals surface area contributed by atoms with Gasteiger partial charge in [-0.2, -0.15) is 0 Å². The Bertz CT molecular complexity index is 459. The van der Waals surface area contributed by atoms with Crippen molar-refractivity contribution in [2.45, 2.75) is 44.6 Å². The van der Waals surface area contributed by atoms with Gasteiger partial charge in [0, 0.05) is 9.26 Å². The third-order valence-electron chi connectivity index (χ3n) is 3.63. The number of nitrogens with one attached hydrogen (secondary N) is 1. The van der Waals surface area contributed by atoms with Crippen molar-refractivity contribution in [3.8, 4) is 0 Å². The molecule has 3 N–H and O–H groups in total. The van der Waals surface area contributed by atoms with Crippen LogP contribution in [0, 0.1) is 10.5 Å². The van der Waals surface area contributed by atoms with E-state index in [4.69, 9.17) is 5.73 Å². The number of halogens is 2. The van der Waals surface area contributed by atoms with Crippen LogP contribution in [-0.2, 0) is 4.79 Å². The highest BCUT2D eigenvalue weighted by Crippen LogP contribution is 2.28. The number of hydrogen-bond donors (Lipinski definition) is 2. The lowest BCUT2D eigenvalue weighted by molar-refractivity contribution is -0.122. The smallest absolute Gasteiger partial charge is 0.244 e. The molecule has 1 fully saturated rings. The molecule has 0 spiro atoms. The van der Waals surface area contributed by atoms with Crippen LogP contribution in [0.2, 0.25) is 0 Å². The van der Waals surface area contributed by atoms with Gasteiger partial charge in [0.15, 0.2) is 0 Å². The molecule has 1 aromatic carbocycles. The van der Waals surface area contributed by atoms with Crippen LogP contribution in [0.3, 0.4) is 0 Å². The number of benzene rings is 1. The van der Waals surface area contributed by atoms with Crippen LogP contribution >= 0.6 is 35.0 Å². The molecule has 0 heterocycles. The Balaban J connectivity index is 0.00000180. The van der Waals surface area contributed by atoms with Crippen molar-refractivity contribution >= 4 is 46.6 Å². The van der Waals surface area contributed by atoms with Gasteiger partial charge in [0.25, 0.3) is 0 Å². The van der Waals surface area contributed by atoms with Crippen molar-refractivity contribution < 1.29 is 4.79 Å². The summed E-state index contributed by atoms with van der Waals surface area (Å²) < 4.78 is 1.17. The predicted octanol–water partition coefficient (Wildman–Crippen LogP) is 3.62. The summed E-state index contributed by atoms with van der Waals surface area (Å²) in [5.41, 5.74) is 7.49. The number of rotatable bonds is 2. The van der Waals surface area contributed by atoms with E-state index in [2.05, 4.69) is 34.0 Å². The molecule has 0 bridgehead atoms. The normalized spacial score (nSPS) is 17.4. The molecule has 1 aromatic rings. The fourth-order valence-electron chi connectivity index (χ4n) is 2.42. The highest BCUT2D eigenvalue weighted by Gasteiger charge is 2.35. The molecule has 0 aliphatic heterocycles. The van der Waals surface area contributed by atoms with Gasteiger partial charge in [0.05, 0.1) is 5.54 Å². The minimum atomic E-state index is -0.673. The largest absolute Gasteiger partial charge is 0.324 e. The van der Waals surface area contributed by atoms with Crippen molar-refractivity contribution in [2.75, 3.05) is 5.32 Å². The summed E-state index contributed by atoms with van der Waals surface area (Å²) in [7, 11) is 0. The van der Waals surface area contributed by atoms with Crippen LogP contribution in [-0.4, -0.2) is 11.4 Å². The molecule has 106 valence electrons. The number of anilines is 1. The van der Waals surface area contributed by atoms with Gasteiger partial charge in [-0.3, -0.25) is 4.79 Å². The summed E-state index contributed by atoms with van der Waals surface area (Å²) in [4.78, 5) is 12.3. The van der Waals surface area contributed by atoms with Gasteiger partial charge in [-0.1, -0.05) is 19.3 Å². The molecule has 0 atom stereocenters. The summed E-state index contributed by atoms with van der Waals surface area (Å²) >= 11 is 2.26. The van der Waals surface area contributed by atoms with Gasteiger partial charge in [-0.25, -0.2) is 0 Å². The second kappa shape index (κ2) is 6.90. The minimum Gasteiger partial charge on any atom is -0.324 e. The average molecular weight is 395 g/mol. The van der Waals surface area contributed by atoms with Gasteiger partial charge in [0.2, 0.25) is 5.91 Å². The first kappa shape index (κ1) is 16.7. The zero-order chi connectivity index (χ0) is 13.2. The summed E-state index contributed by atoms with van der Waals surface area (Å²) in [6.45, 7) is 2.00. The first-order valence-corrected chi connectivity index (χ1v) is 7.46. The van der Waals surface area contributed by atoms with Crippen molar-refractivity contribution in [2.24, 2.45) is 5.73 Å². The molecule has 1 aliphatic rings. The molecule has 3 nitrogen and oxygen atoms in total. The third-order valence-corrected chi connectivity index (χ3v) is 4.31. The molecule has 1 saturated carbocycles. The lowest BCUT2D eigenvalue weighted by atomic mass is 9.82. The van der Waals surface area contributed by atoms with Crippen LogP contribution in [0.4, 0.5) is 5.69 Å². The van der Waals surface area contributed by atoms with E-state index >= 15 is 0 Å². The minimum absolute atomic E-state index is 0. The van der Waals surface area contributed by atoms with Crippen LogP contribution in [0.25, 0.3) is 0 Å². The fraction of sp³-hybridized carbons (Fsp3) is 0.500. The van der Waals surface area contributed by atoms with E-state index in [1.54, 1.807) is 0 Å². The molecular weight excluding hydrogens is 375 g/mol. The Hall–Kier alpha value is -0.330. The van der Waals surface area contributed by atoms with Gasteiger partial charge < -0.3 is 11.1 Å². The Morgan fingerprint density at radius 2 is 1.95 bits per heavy atom. The zero-order valence-corrected chi connectivity index (χ0v) is 14.0. The Morgan fingerprint density at radius 1 is 1.32 bits per heavy atom. The van der Waals surface area contributed by atoms with E-state index in [-0.39, 0.29) is 18.3 Å². The van der Waals surface area contributed by atoms with E-state index in [1.165, 1.54) is 9.99 Å². The van der Waals surface area contributed by atoms with Crippen molar-refractivity contribution in [1.29, 1.82) is 0 Å². The second-order valence-corrected chi connectivity index (χ2v) is 6.38. The molecular formula is C14H20ClIN2O. The number of aryl methyl sites for hydroxylation is 1. The van der Waals surface area contributed by atoms with E-state index in [0.717, 1.165) is 36.9 Å². The molecule has 0 radical (unpaired) electrons. The van der Waals surface area contributed by atoms with Crippen LogP contribution < -0.4 is 11.1 Å². The zero-order valence-electron chi connectivity index (χ0n) is 11.0. The summed E-state index contributed by atoms with van der Waals surface area (Å²) in [5, 5.41) is 2.98. The van der Waals surface area contributed by atoms with Crippen LogP contribution in [0.1, 0.15) is 37.7 Å². The molecule has 0 unspecified atom stereocenters. The number of nitrogens with two attached hydrogens (primary N) is 1. The lowest BCUT2D eigenvalue weighted by Crippen LogP contribution is -2.52. The topological polar surface area (TPSA) is 55.1 Å². The molecule has 5 heteroatoms.